The molecule has 1 N–H and O–H groups in total. The number of fused-ring (bicyclic) bond motifs is 1. The van der Waals surface area contributed by atoms with Crippen molar-refractivity contribution in [1.82, 2.24) is 29.5 Å². The van der Waals surface area contributed by atoms with Crippen LogP contribution in [0.2, 0.25) is 0 Å². The van der Waals surface area contributed by atoms with Gasteiger partial charge < -0.3 is 9.88 Å². The van der Waals surface area contributed by atoms with E-state index in [0.717, 1.165) is 30.9 Å². The van der Waals surface area contributed by atoms with Crippen molar-refractivity contribution >= 4 is 11.6 Å². The summed E-state index contributed by atoms with van der Waals surface area (Å²) in [4.78, 5) is 26.7. The van der Waals surface area contributed by atoms with Crippen LogP contribution in [-0.4, -0.2) is 48.5 Å². The molecule has 0 aliphatic carbocycles. The van der Waals surface area contributed by atoms with E-state index < -0.39 is 0 Å². The van der Waals surface area contributed by atoms with Gasteiger partial charge >= 0.3 is 0 Å². The predicted molar refractivity (Wildman–Crippen MR) is 84.2 cm³/mol. The van der Waals surface area contributed by atoms with Crippen LogP contribution in [0.1, 0.15) is 40.6 Å². The lowest BCUT2D eigenvalue weighted by Crippen LogP contribution is -2.39. The van der Waals surface area contributed by atoms with Crippen molar-refractivity contribution in [3.63, 3.8) is 0 Å². The molecule has 1 atom stereocenters. The molecule has 4 heterocycles. The Bertz CT molecular complexity index is 851. The molecule has 7 heteroatoms. The zero-order chi connectivity index (χ0) is 15.8. The molecular weight excluding hydrogens is 292 g/mol. The van der Waals surface area contributed by atoms with E-state index in [1.165, 1.54) is 0 Å². The lowest BCUT2D eigenvalue weighted by Gasteiger charge is -2.31. The molecule has 7 nitrogen and oxygen atoms in total. The second-order valence-corrected chi connectivity index (χ2v) is 5.99. The number of carbonyl (C=O) groups excluding carboxylic acids is 1. The van der Waals surface area contributed by atoms with Crippen LogP contribution in [-0.2, 0) is 0 Å². The van der Waals surface area contributed by atoms with Crippen LogP contribution < -0.4 is 0 Å². The van der Waals surface area contributed by atoms with Gasteiger partial charge in [0.25, 0.3) is 5.91 Å². The minimum absolute atomic E-state index is 0.00771. The van der Waals surface area contributed by atoms with E-state index in [-0.39, 0.29) is 11.8 Å². The van der Waals surface area contributed by atoms with Crippen molar-refractivity contribution in [1.29, 1.82) is 0 Å². The zero-order valence-electron chi connectivity index (χ0n) is 12.9. The SMILES string of the molecule is Cc1cnc(C2CCCN(C(=O)c3cnn4cccnc34)C2)[nH]1. The Kier molecular flexibility index (Phi) is 3.33. The van der Waals surface area contributed by atoms with Crippen molar-refractivity contribution in [2.24, 2.45) is 0 Å². The third kappa shape index (κ3) is 2.48. The molecular formula is C16H18N6O. The Balaban J connectivity index is 1.58. The fraction of sp³-hybridized carbons (Fsp3) is 0.375. The minimum Gasteiger partial charge on any atom is -0.346 e. The van der Waals surface area contributed by atoms with Crippen molar-refractivity contribution in [2.75, 3.05) is 13.1 Å². The van der Waals surface area contributed by atoms with Crippen LogP contribution in [0.5, 0.6) is 0 Å². The van der Waals surface area contributed by atoms with Gasteiger partial charge in [0.05, 0.1) is 6.20 Å². The highest BCUT2D eigenvalue weighted by molar-refractivity contribution is 5.99. The van der Waals surface area contributed by atoms with Gasteiger partial charge in [0, 0.05) is 43.3 Å². The van der Waals surface area contributed by atoms with Crippen LogP contribution >= 0.6 is 0 Å². The maximum atomic E-state index is 12.9. The summed E-state index contributed by atoms with van der Waals surface area (Å²) >= 11 is 0. The Hall–Kier alpha value is -2.70. The number of nitrogens with zero attached hydrogens (tertiary/aromatic N) is 5. The molecule has 0 aromatic carbocycles. The second kappa shape index (κ2) is 5.49. The number of aromatic nitrogens is 5. The third-order valence-corrected chi connectivity index (χ3v) is 4.33. The summed E-state index contributed by atoms with van der Waals surface area (Å²) < 4.78 is 1.63. The quantitative estimate of drug-likeness (QED) is 0.782. The summed E-state index contributed by atoms with van der Waals surface area (Å²) in [6.45, 7) is 3.43. The molecule has 1 amide bonds. The van der Waals surface area contributed by atoms with Gasteiger partial charge in [-0.3, -0.25) is 4.79 Å². The highest BCUT2D eigenvalue weighted by atomic mass is 16.2. The number of carbonyl (C=O) groups is 1. The second-order valence-electron chi connectivity index (χ2n) is 5.99. The molecule has 1 aliphatic rings. The molecule has 118 valence electrons. The fourth-order valence-corrected chi connectivity index (χ4v) is 3.17. The minimum atomic E-state index is -0.00771. The number of piperidine rings is 1. The average molecular weight is 310 g/mol. The molecule has 0 spiro atoms. The highest BCUT2D eigenvalue weighted by Crippen LogP contribution is 2.26. The van der Waals surface area contributed by atoms with Gasteiger partial charge in [-0.05, 0) is 25.8 Å². The zero-order valence-corrected chi connectivity index (χ0v) is 12.9. The molecule has 3 aromatic heterocycles. The number of imidazole rings is 1. The Morgan fingerprint density at radius 1 is 1.35 bits per heavy atom. The fourth-order valence-electron chi connectivity index (χ4n) is 3.17. The summed E-state index contributed by atoms with van der Waals surface area (Å²) in [5.74, 6) is 1.22. The molecule has 0 saturated carbocycles. The van der Waals surface area contributed by atoms with Gasteiger partial charge in [0.15, 0.2) is 5.65 Å². The van der Waals surface area contributed by atoms with Crippen molar-refractivity contribution in [2.45, 2.75) is 25.7 Å². The van der Waals surface area contributed by atoms with Crippen LogP contribution in [0.15, 0.2) is 30.9 Å². The molecule has 0 radical (unpaired) electrons. The van der Waals surface area contributed by atoms with Gasteiger partial charge in [0.1, 0.15) is 11.4 Å². The first kappa shape index (κ1) is 13.9. The van der Waals surface area contributed by atoms with Gasteiger partial charge in [-0.25, -0.2) is 14.5 Å². The summed E-state index contributed by atoms with van der Waals surface area (Å²) in [6.07, 6.45) is 8.94. The lowest BCUT2D eigenvalue weighted by atomic mass is 9.97. The predicted octanol–water partition coefficient (Wildman–Crippen LogP) is 1.78. The number of aryl methyl sites for hydroxylation is 1. The maximum Gasteiger partial charge on any atom is 0.259 e. The number of nitrogens with one attached hydrogen (secondary N) is 1. The first-order chi connectivity index (χ1) is 11.2. The first-order valence-corrected chi connectivity index (χ1v) is 7.81. The lowest BCUT2D eigenvalue weighted by molar-refractivity contribution is 0.0706. The van der Waals surface area contributed by atoms with E-state index >= 15 is 0 Å². The molecule has 1 fully saturated rings. The molecule has 1 aliphatic heterocycles. The Morgan fingerprint density at radius 2 is 2.26 bits per heavy atom. The third-order valence-electron chi connectivity index (χ3n) is 4.33. The molecule has 3 aromatic rings. The number of rotatable bonds is 2. The largest absolute Gasteiger partial charge is 0.346 e. The summed E-state index contributed by atoms with van der Waals surface area (Å²) in [5, 5.41) is 4.20. The molecule has 1 unspecified atom stereocenters. The van der Waals surface area contributed by atoms with Crippen molar-refractivity contribution in [3.05, 3.63) is 47.9 Å². The van der Waals surface area contributed by atoms with Crippen LogP contribution in [0.25, 0.3) is 5.65 Å². The molecule has 1 saturated heterocycles. The van der Waals surface area contributed by atoms with Crippen LogP contribution in [0.3, 0.4) is 0 Å². The number of hydrogen-bond acceptors (Lipinski definition) is 4. The number of amides is 1. The Labute approximate surface area is 133 Å². The smallest absolute Gasteiger partial charge is 0.259 e. The van der Waals surface area contributed by atoms with E-state index in [4.69, 9.17) is 0 Å². The summed E-state index contributed by atoms with van der Waals surface area (Å²) in [6, 6.07) is 1.80. The van der Waals surface area contributed by atoms with E-state index in [1.807, 2.05) is 18.0 Å². The van der Waals surface area contributed by atoms with E-state index in [9.17, 15) is 4.79 Å². The number of aromatic amines is 1. The number of hydrogen-bond donors (Lipinski definition) is 1. The monoisotopic (exact) mass is 310 g/mol. The van der Waals surface area contributed by atoms with Crippen LogP contribution in [0.4, 0.5) is 0 Å². The van der Waals surface area contributed by atoms with Gasteiger partial charge in [-0.15, -0.1) is 0 Å². The number of likely N-dealkylation sites (tertiary alicyclic amines) is 1. The summed E-state index contributed by atoms with van der Waals surface area (Å²) in [7, 11) is 0. The van der Waals surface area contributed by atoms with E-state index in [1.54, 1.807) is 29.2 Å². The average Bonchev–Trinajstić information content (AvgIpc) is 3.20. The molecule has 23 heavy (non-hydrogen) atoms. The standard InChI is InChI=1S/C16H18N6O/c1-11-8-18-14(20-11)12-4-2-6-21(10-12)16(23)13-9-19-22-7-3-5-17-15(13)22/h3,5,7-9,12H,2,4,6,10H2,1H3,(H,18,20). The normalized spacial score (nSPS) is 18.5. The highest BCUT2D eigenvalue weighted by Gasteiger charge is 2.28. The van der Waals surface area contributed by atoms with Crippen LogP contribution in [0, 0.1) is 6.92 Å². The van der Waals surface area contributed by atoms with Gasteiger partial charge in [-0.1, -0.05) is 0 Å². The first-order valence-electron chi connectivity index (χ1n) is 7.81. The van der Waals surface area contributed by atoms with E-state index in [2.05, 4.69) is 20.1 Å². The van der Waals surface area contributed by atoms with Gasteiger partial charge in [-0.2, -0.15) is 5.10 Å². The van der Waals surface area contributed by atoms with Crippen molar-refractivity contribution < 1.29 is 4.79 Å². The number of H-pyrrole nitrogens is 1. The van der Waals surface area contributed by atoms with E-state index in [0.29, 0.717) is 17.8 Å². The summed E-state index contributed by atoms with van der Waals surface area (Å²) in [5.41, 5.74) is 2.21. The Morgan fingerprint density at radius 3 is 3.09 bits per heavy atom. The molecule has 0 bridgehead atoms. The van der Waals surface area contributed by atoms with Crippen molar-refractivity contribution in [3.8, 4) is 0 Å². The molecule has 4 rings (SSSR count). The topological polar surface area (TPSA) is 79.2 Å². The van der Waals surface area contributed by atoms with Gasteiger partial charge in [0.2, 0.25) is 0 Å². The maximum absolute atomic E-state index is 12.9.